The smallest absolute Gasteiger partial charge is 0.230 e. The number of hydrogen-bond donors (Lipinski definition) is 2. The third kappa shape index (κ3) is 3.03. The summed E-state index contributed by atoms with van der Waals surface area (Å²) in [6.45, 7) is 2.53. The van der Waals surface area contributed by atoms with Gasteiger partial charge in [0.2, 0.25) is 5.91 Å². The second-order valence-electron chi connectivity index (χ2n) is 4.53. The van der Waals surface area contributed by atoms with E-state index in [1.165, 1.54) is 11.3 Å². The Kier molecular flexibility index (Phi) is 4.61. The largest absolute Gasteiger partial charge is 0.384 e. The predicted octanol–water partition coefficient (Wildman–Crippen LogP) is 1.64. The van der Waals surface area contributed by atoms with Gasteiger partial charge in [-0.2, -0.15) is 0 Å². The van der Waals surface area contributed by atoms with Gasteiger partial charge >= 0.3 is 0 Å². The maximum absolute atomic E-state index is 12.3. The lowest BCUT2D eigenvalue weighted by molar-refractivity contribution is -0.133. The van der Waals surface area contributed by atoms with Gasteiger partial charge in [0.25, 0.3) is 0 Å². The number of ether oxygens (including phenoxy) is 1. The van der Waals surface area contributed by atoms with Crippen molar-refractivity contribution < 1.29 is 9.53 Å². The van der Waals surface area contributed by atoms with Crippen LogP contribution in [0.4, 0.5) is 0 Å². The Hall–Kier alpha value is -0.620. The van der Waals surface area contributed by atoms with E-state index in [2.05, 4.69) is 10.6 Å². The van der Waals surface area contributed by atoms with Crippen LogP contribution in [-0.4, -0.2) is 32.7 Å². The van der Waals surface area contributed by atoms with Crippen molar-refractivity contribution in [2.45, 2.75) is 13.0 Å². The summed E-state index contributed by atoms with van der Waals surface area (Å²) in [6, 6.07) is 3.78. The quantitative estimate of drug-likeness (QED) is 0.866. The molecule has 1 unspecified atom stereocenters. The molecule has 0 saturated carbocycles. The minimum Gasteiger partial charge on any atom is -0.384 e. The summed E-state index contributed by atoms with van der Waals surface area (Å²) in [7, 11) is 1.63. The molecule has 1 saturated heterocycles. The Morgan fingerprint density at radius 2 is 2.50 bits per heavy atom. The van der Waals surface area contributed by atoms with Crippen molar-refractivity contribution in [3.63, 3.8) is 0 Å². The van der Waals surface area contributed by atoms with Crippen LogP contribution in [0.15, 0.2) is 12.1 Å². The highest BCUT2D eigenvalue weighted by Gasteiger charge is 2.41. The van der Waals surface area contributed by atoms with Crippen molar-refractivity contribution in [1.82, 2.24) is 10.6 Å². The molecule has 1 aliphatic rings. The molecule has 0 bridgehead atoms. The van der Waals surface area contributed by atoms with Crippen LogP contribution in [0.25, 0.3) is 0 Å². The molecule has 1 aromatic heterocycles. The van der Waals surface area contributed by atoms with Crippen LogP contribution >= 0.6 is 22.9 Å². The number of halogens is 1. The van der Waals surface area contributed by atoms with Gasteiger partial charge in [0.1, 0.15) is 0 Å². The molecule has 2 rings (SSSR count). The van der Waals surface area contributed by atoms with Gasteiger partial charge in [-0.15, -0.1) is 11.3 Å². The van der Waals surface area contributed by atoms with E-state index in [4.69, 9.17) is 16.3 Å². The third-order valence-electron chi connectivity index (χ3n) is 3.20. The predicted molar refractivity (Wildman–Crippen MR) is 73.0 cm³/mol. The molecule has 1 fully saturated rings. The van der Waals surface area contributed by atoms with Crippen LogP contribution in [0.5, 0.6) is 0 Å². The minimum absolute atomic E-state index is 0.0545. The van der Waals surface area contributed by atoms with E-state index < -0.39 is 5.41 Å². The highest BCUT2D eigenvalue weighted by Crippen LogP contribution is 2.27. The monoisotopic (exact) mass is 288 g/mol. The first-order valence-corrected chi connectivity index (χ1v) is 7.08. The zero-order valence-corrected chi connectivity index (χ0v) is 11.9. The van der Waals surface area contributed by atoms with E-state index >= 15 is 0 Å². The van der Waals surface area contributed by atoms with Gasteiger partial charge in [-0.1, -0.05) is 11.6 Å². The highest BCUT2D eigenvalue weighted by molar-refractivity contribution is 7.16. The molecule has 1 amide bonds. The number of methoxy groups -OCH3 is 1. The Morgan fingerprint density at radius 1 is 1.67 bits per heavy atom. The zero-order valence-electron chi connectivity index (χ0n) is 10.3. The number of carbonyl (C=O) groups is 1. The van der Waals surface area contributed by atoms with Crippen molar-refractivity contribution in [2.75, 3.05) is 26.8 Å². The summed E-state index contributed by atoms with van der Waals surface area (Å²) in [6.07, 6.45) is 0.817. The number of nitrogens with one attached hydrogen (secondary N) is 2. The molecular weight excluding hydrogens is 272 g/mol. The van der Waals surface area contributed by atoms with Crippen LogP contribution in [0.1, 0.15) is 11.3 Å². The van der Waals surface area contributed by atoms with Gasteiger partial charge in [0, 0.05) is 18.5 Å². The van der Waals surface area contributed by atoms with Gasteiger partial charge in [-0.05, 0) is 25.1 Å². The molecule has 4 nitrogen and oxygen atoms in total. The first-order chi connectivity index (χ1) is 8.66. The van der Waals surface area contributed by atoms with Crippen LogP contribution in [-0.2, 0) is 16.1 Å². The highest BCUT2D eigenvalue weighted by atomic mass is 35.5. The molecule has 100 valence electrons. The first-order valence-electron chi connectivity index (χ1n) is 5.88. The average Bonchev–Trinajstić information content (AvgIpc) is 2.97. The number of rotatable bonds is 5. The Morgan fingerprint density at radius 3 is 3.06 bits per heavy atom. The summed E-state index contributed by atoms with van der Waals surface area (Å²) in [5.41, 5.74) is -0.421. The summed E-state index contributed by atoms with van der Waals surface area (Å²) in [5, 5.41) is 6.19. The number of thiophene rings is 1. The molecule has 1 atom stereocenters. The molecule has 0 aliphatic carbocycles. The maximum atomic E-state index is 12.3. The SMILES string of the molecule is COCC1(C(=O)NCc2ccc(Cl)s2)CCNC1. The Labute approximate surface area is 116 Å². The van der Waals surface area contributed by atoms with E-state index in [1.807, 2.05) is 12.1 Å². The summed E-state index contributed by atoms with van der Waals surface area (Å²) in [4.78, 5) is 13.3. The number of carbonyl (C=O) groups excluding carboxylic acids is 1. The first kappa shape index (κ1) is 13.8. The van der Waals surface area contributed by atoms with Gasteiger partial charge in [0.15, 0.2) is 0 Å². The van der Waals surface area contributed by atoms with Crippen molar-refractivity contribution >= 4 is 28.8 Å². The van der Waals surface area contributed by atoms with Crippen molar-refractivity contribution in [1.29, 1.82) is 0 Å². The number of hydrogen-bond acceptors (Lipinski definition) is 4. The van der Waals surface area contributed by atoms with Crippen molar-refractivity contribution in [3.8, 4) is 0 Å². The second-order valence-corrected chi connectivity index (χ2v) is 6.33. The fourth-order valence-corrected chi connectivity index (χ4v) is 3.23. The van der Waals surface area contributed by atoms with Crippen LogP contribution in [0.3, 0.4) is 0 Å². The molecule has 0 aromatic carbocycles. The van der Waals surface area contributed by atoms with Gasteiger partial charge < -0.3 is 15.4 Å². The lowest BCUT2D eigenvalue weighted by Gasteiger charge is -2.25. The lowest BCUT2D eigenvalue weighted by Crippen LogP contribution is -2.45. The van der Waals surface area contributed by atoms with Crippen molar-refractivity contribution in [3.05, 3.63) is 21.3 Å². The Balaban J connectivity index is 1.93. The van der Waals surface area contributed by atoms with E-state index in [0.29, 0.717) is 19.7 Å². The lowest BCUT2D eigenvalue weighted by atomic mass is 9.87. The molecule has 0 radical (unpaired) electrons. The van der Waals surface area contributed by atoms with Crippen LogP contribution in [0.2, 0.25) is 4.34 Å². The number of amides is 1. The fourth-order valence-electron chi connectivity index (χ4n) is 2.20. The molecule has 2 heterocycles. The average molecular weight is 289 g/mol. The molecule has 18 heavy (non-hydrogen) atoms. The fraction of sp³-hybridized carbons (Fsp3) is 0.583. The molecule has 0 spiro atoms. The molecule has 2 N–H and O–H groups in total. The third-order valence-corrected chi connectivity index (χ3v) is 4.43. The van der Waals surface area contributed by atoms with E-state index in [9.17, 15) is 4.79 Å². The van der Waals surface area contributed by atoms with Crippen molar-refractivity contribution in [2.24, 2.45) is 5.41 Å². The van der Waals surface area contributed by atoms with E-state index in [-0.39, 0.29) is 5.91 Å². The maximum Gasteiger partial charge on any atom is 0.230 e. The van der Waals surface area contributed by atoms with E-state index in [1.54, 1.807) is 7.11 Å². The van der Waals surface area contributed by atoms with Gasteiger partial charge in [0.05, 0.1) is 22.9 Å². The molecule has 1 aliphatic heterocycles. The second kappa shape index (κ2) is 6.02. The normalized spacial score (nSPS) is 23.2. The minimum atomic E-state index is -0.421. The van der Waals surface area contributed by atoms with Gasteiger partial charge in [-0.25, -0.2) is 0 Å². The topological polar surface area (TPSA) is 50.4 Å². The summed E-state index contributed by atoms with van der Waals surface area (Å²) >= 11 is 7.34. The van der Waals surface area contributed by atoms with Crippen LogP contribution in [0, 0.1) is 5.41 Å². The molecule has 1 aromatic rings. The zero-order chi connectivity index (χ0) is 13.0. The molecule has 6 heteroatoms. The van der Waals surface area contributed by atoms with Crippen LogP contribution < -0.4 is 10.6 Å². The summed E-state index contributed by atoms with van der Waals surface area (Å²) in [5.74, 6) is 0.0545. The molecular formula is C12H17ClN2O2S. The van der Waals surface area contributed by atoms with Gasteiger partial charge in [-0.3, -0.25) is 4.79 Å². The standard InChI is InChI=1S/C12H17ClN2O2S/c1-17-8-12(4-5-14-7-12)11(16)15-6-9-2-3-10(13)18-9/h2-3,14H,4-8H2,1H3,(H,15,16). The summed E-state index contributed by atoms with van der Waals surface area (Å²) < 4.78 is 5.93. The Bertz CT molecular complexity index is 416. The van der Waals surface area contributed by atoms with E-state index in [0.717, 1.165) is 22.2 Å².